The molecule has 6 nitrogen and oxygen atoms in total. The maximum absolute atomic E-state index is 12.1. The number of hydrogen-bond donors (Lipinski definition) is 1. The third-order valence-electron chi connectivity index (χ3n) is 4.93. The van der Waals surface area contributed by atoms with Gasteiger partial charge >= 0.3 is 0 Å². The van der Waals surface area contributed by atoms with Gasteiger partial charge in [-0.05, 0) is 24.8 Å². The van der Waals surface area contributed by atoms with Crippen LogP contribution in [0.1, 0.15) is 17.7 Å². The fraction of sp³-hybridized carbons (Fsp3) is 0.733. The van der Waals surface area contributed by atoms with Crippen LogP contribution in [0.25, 0.3) is 0 Å². The third kappa shape index (κ3) is 2.41. The number of ether oxygens (including phenoxy) is 1. The zero-order valence-corrected chi connectivity index (χ0v) is 12.1. The standard InChI is InChI=1S/C15H21N3O3/c19-14-9-21-8-13(14)17-5-10(6-17)7-18-15(20)4-11-2-1-3-12(11)16-18/h4,10,13-14,19H,1-3,5-9H2. The lowest BCUT2D eigenvalue weighted by molar-refractivity contribution is -0.00108. The van der Waals surface area contributed by atoms with Crippen molar-refractivity contribution in [1.82, 2.24) is 14.7 Å². The lowest BCUT2D eigenvalue weighted by Gasteiger charge is -2.43. The minimum Gasteiger partial charge on any atom is -0.389 e. The fourth-order valence-electron chi connectivity index (χ4n) is 3.69. The highest BCUT2D eigenvalue weighted by molar-refractivity contribution is 5.22. The minimum atomic E-state index is -0.369. The van der Waals surface area contributed by atoms with Crippen LogP contribution in [0.4, 0.5) is 0 Å². The van der Waals surface area contributed by atoms with Crippen LogP contribution in [0.2, 0.25) is 0 Å². The van der Waals surface area contributed by atoms with Crippen molar-refractivity contribution in [1.29, 1.82) is 0 Å². The van der Waals surface area contributed by atoms with Gasteiger partial charge in [0.25, 0.3) is 5.56 Å². The fourth-order valence-corrected chi connectivity index (χ4v) is 3.69. The van der Waals surface area contributed by atoms with E-state index in [9.17, 15) is 9.90 Å². The Hall–Kier alpha value is -1.24. The Balaban J connectivity index is 1.39. The molecule has 114 valence electrons. The van der Waals surface area contributed by atoms with Gasteiger partial charge in [-0.15, -0.1) is 0 Å². The van der Waals surface area contributed by atoms with Gasteiger partial charge in [0.15, 0.2) is 0 Å². The molecule has 6 heteroatoms. The van der Waals surface area contributed by atoms with Gasteiger partial charge in [0.1, 0.15) is 0 Å². The van der Waals surface area contributed by atoms with E-state index in [2.05, 4.69) is 10.00 Å². The number of likely N-dealkylation sites (tertiary alicyclic amines) is 1. The summed E-state index contributed by atoms with van der Waals surface area (Å²) in [7, 11) is 0. The summed E-state index contributed by atoms with van der Waals surface area (Å²) in [6.07, 6.45) is 2.74. The number of aryl methyl sites for hydroxylation is 2. The van der Waals surface area contributed by atoms with Gasteiger partial charge < -0.3 is 9.84 Å². The Labute approximate surface area is 123 Å². The van der Waals surface area contributed by atoms with E-state index in [0.29, 0.717) is 25.7 Å². The molecule has 0 radical (unpaired) electrons. The topological polar surface area (TPSA) is 67.6 Å². The number of rotatable bonds is 3. The van der Waals surface area contributed by atoms with Crippen molar-refractivity contribution in [3.63, 3.8) is 0 Å². The number of fused-ring (bicyclic) bond motifs is 1. The predicted octanol–water partition coefficient (Wildman–Crippen LogP) is -0.576. The second kappa shape index (κ2) is 5.19. The molecule has 0 aromatic carbocycles. The number of nitrogens with zero attached hydrogens (tertiary/aromatic N) is 3. The van der Waals surface area contributed by atoms with Crippen LogP contribution in [0, 0.1) is 5.92 Å². The van der Waals surface area contributed by atoms with Crippen molar-refractivity contribution < 1.29 is 9.84 Å². The Morgan fingerprint density at radius 3 is 2.95 bits per heavy atom. The second-order valence-electron chi connectivity index (χ2n) is 6.48. The van der Waals surface area contributed by atoms with Gasteiger partial charge in [-0.2, -0.15) is 5.10 Å². The van der Waals surface area contributed by atoms with E-state index in [-0.39, 0.29) is 17.7 Å². The smallest absolute Gasteiger partial charge is 0.267 e. The van der Waals surface area contributed by atoms with Crippen LogP contribution < -0.4 is 5.56 Å². The minimum absolute atomic E-state index is 0.0262. The van der Waals surface area contributed by atoms with Gasteiger partial charge in [-0.1, -0.05) is 0 Å². The van der Waals surface area contributed by atoms with E-state index in [0.717, 1.165) is 43.6 Å². The molecule has 2 aliphatic heterocycles. The van der Waals surface area contributed by atoms with Gasteiger partial charge in [0, 0.05) is 25.1 Å². The van der Waals surface area contributed by atoms with E-state index in [1.54, 1.807) is 10.7 Å². The summed E-state index contributed by atoms with van der Waals surface area (Å²) in [6.45, 7) is 3.57. The van der Waals surface area contributed by atoms with Crippen LogP contribution in [0.15, 0.2) is 10.9 Å². The van der Waals surface area contributed by atoms with Crippen LogP contribution in [0.3, 0.4) is 0 Å². The van der Waals surface area contributed by atoms with Crippen molar-refractivity contribution in [2.45, 2.75) is 38.0 Å². The molecule has 21 heavy (non-hydrogen) atoms. The Morgan fingerprint density at radius 1 is 1.33 bits per heavy atom. The molecule has 2 unspecified atom stereocenters. The van der Waals surface area contributed by atoms with Crippen LogP contribution in [0.5, 0.6) is 0 Å². The van der Waals surface area contributed by atoms with Gasteiger partial charge in [-0.25, -0.2) is 4.68 Å². The normalized spacial score (nSPS) is 29.6. The summed E-state index contributed by atoms with van der Waals surface area (Å²) in [5.74, 6) is 0.447. The van der Waals surface area contributed by atoms with Crippen molar-refractivity contribution in [2.24, 2.45) is 5.92 Å². The first-order valence-corrected chi connectivity index (χ1v) is 7.80. The molecule has 2 fully saturated rings. The lowest BCUT2D eigenvalue weighted by Crippen LogP contribution is -2.57. The molecule has 0 spiro atoms. The molecule has 2 saturated heterocycles. The third-order valence-corrected chi connectivity index (χ3v) is 4.93. The zero-order chi connectivity index (χ0) is 14.4. The molecule has 4 rings (SSSR count). The molecule has 0 bridgehead atoms. The first kappa shape index (κ1) is 13.4. The molecule has 3 heterocycles. The molecule has 0 amide bonds. The first-order chi connectivity index (χ1) is 10.2. The molecule has 3 aliphatic rings. The van der Waals surface area contributed by atoms with Crippen molar-refractivity contribution >= 4 is 0 Å². The summed E-state index contributed by atoms with van der Waals surface area (Å²) >= 11 is 0. The van der Waals surface area contributed by atoms with E-state index in [1.807, 2.05) is 0 Å². The number of aliphatic hydroxyl groups is 1. The average molecular weight is 291 g/mol. The maximum atomic E-state index is 12.1. The second-order valence-corrected chi connectivity index (χ2v) is 6.48. The Morgan fingerprint density at radius 2 is 2.19 bits per heavy atom. The maximum Gasteiger partial charge on any atom is 0.267 e. The van der Waals surface area contributed by atoms with Crippen molar-refractivity contribution in [2.75, 3.05) is 26.3 Å². The molecule has 1 N–H and O–H groups in total. The van der Waals surface area contributed by atoms with Crippen molar-refractivity contribution in [3.8, 4) is 0 Å². The summed E-state index contributed by atoms with van der Waals surface area (Å²) < 4.78 is 6.92. The predicted molar refractivity (Wildman–Crippen MR) is 76.2 cm³/mol. The van der Waals surface area contributed by atoms with E-state index in [4.69, 9.17) is 4.74 Å². The number of aliphatic hydroxyl groups excluding tert-OH is 1. The van der Waals surface area contributed by atoms with Crippen LogP contribution in [-0.4, -0.2) is 58.2 Å². The quantitative estimate of drug-likeness (QED) is 0.807. The molecular weight excluding hydrogens is 270 g/mol. The van der Waals surface area contributed by atoms with Crippen LogP contribution in [-0.2, 0) is 24.1 Å². The van der Waals surface area contributed by atoms with E-state index >= 15 is 0 Å². The first-order valence-electron chi connectivity index (χ1n) is 7.80. The van der Waals surface area contributed by atoms with Crippen LogP contribution >= 0.6 is 0 Å². The highest BCUT2D eigenvalue weighted by Crippen LogP contribution is 2.24. The zero-order valence-electron chi connectivity index (χ0n) is 12.1. The largest absolute Gasteiger partial charge is 0.389 e. The Bertz CT molecular complexity index is 594. The molecular formula is C15H21N3O3. The summed E-state index contributed by atoms with van der Waals surface area (Å²) in [6, 6.07) is 1.89. The highest BCUT2D eigenvalue weighted by Gasteiger charge is 2.39. The Kier molecular flexibility index (Phi) is 3.32. The molecule has 2 atom stereocenters. The SMILES string of the molecule is O=c1cc2c(nn1CC1CN(C3COCC3O)C1)CCC2. The molecule has 1 aromatic heterocycles. The van der Waals surface area contributed by atoms with Gasteiger partial charge in [0.05, 0.1) is 37.6 Å². The summed E-state index contributed by atoms with van der Waals surface area (Å²) in [5, 5.41) is 14.3. The highest BCUT2D eigenvalue weighted by atomic mass is 16.5. The van der Waals surface area contributed by atoms with Gasteiger partial charge in [0.2, 0.25) is 0 Å². The van der Waals surface area contributed by atoms with Gasteiger partial charge in [-0.3, -0.25) is 9.69 Å². The molecule has 1 aromatic rings. The number of aromatic nitrogens is 2. The molecule has 0 saturated carbocycles. The summed E-state index contributed by atoms with van der Waals surface area (Å²) in [4.78, 5) is 14.3. The van der Waals surface area contributed by atoms with E-state index in [1.165, 1.54) is 0 Å². The lowest BCUT2D eigenvalue weighted by atomic mass is 9.96. The summed E-state index contributed by atoms with van der Waals surface area (Å²) in [5.41, 5.74) is 2.27. The number of hydrogen-bond acceptors (Lipinski definition) is 5. The average Bonchev–Trinajstić information content (AvgIpc) is 3.02. The van der Waals surface area contributed by atoms with E-state index < -0.39 is 0 Å². The monoisotopic (exact) mass is 291 g/mol. The van der Waals surface area contributed by atoms with Crippen molar-refractivity contribution in [3.05, 3.63) is 27.7 Å². The molecule has 1 aliphatic carbocycles.